The second kappa shape index (κ2) is 7.39. The number of rotatable bonds is 4. The molecule has 0 bridgehead atoms. The summed E-state index contributed by atoms with van der Waals surface area (Å²) in [5, 5.41) is 3.82. The molecular weight excluding hydrogens is 383 g/mol. The highest BCUT2D eigenvalue weighted by molar-refractivity contribution is 6.36. The summed E-state index contributed by atoms with van der Waals surface area (Å²) in [6, 6.07) is 14.5. The molecule has 1 N–H and O–H groups in total. The molecule has 27 heavy (non-hydrogen) atoms. The summed E-state index contributed by atoms with van der Waals surface area (Å²) in [5.41, 5.74) is 3.06. The second-order valence-electron chi connectivity index (χ2n) is 5.96. The Balaban J connectivity index is 1.48. The number of nitrogens with one attached hydrogen (secondary N) is 1. The molecule has 0 saturated carbocycles. The van der Waals surface area contributed by atoms with E-state index >= 15 is 0 Å². The summed E-state index contributed by atoms with van der Waals surface area (Å²) in [7, 11) is 0. The van der Waals surface area contributed by atoms with Gasteiger partial charge < -0.3 is 5.32 Å². The molecule has 4 aromatic rings. The van der Waals surface area contributed by atoms with Crippen LogP contribution >= 0.6 is 23.2 Å². The molecule has 4 rings (SSSR count). The average Bonchev–Trinajstić information content (AvgIpc) is 3.10. The van der Waals surface area contributed by atoms with E-state index in [1.165, 1.54) is 0 Å². The molecule has 0 aliphatic heterocycles. The van der Waals surface area contributed by atoms with Crippen molar-refractivity contribution in [3.8, 4) is 11.3 Å². The molecule has 7 heteroatoms. The van der Waals surface area contributed by atoms with Gasteiger partial charge in [-0.15, -0.1) is 0 Å². The highest BCUT2D eigenvalue weighted by atomic mass is 35.5. The minimum atomic E-state index is -0.185. The topological polar surface area (TPSA) is 59.3 Å². The Morgan fingerprint density at radius 3 is 2.48 bits per heavy atom. The molecule has 0 aliphatic rings. The van der Waals surface area contributed by atoms with Gasteiger partial charge in [0.2, 0.25) is 11.7 Å². The van der Waals surface area contributed by atoms with Crippen LogP contribution in [0.5, 0.6) is 0 Å². The molecule has 0 unspecified atom stereocenters. The van der Waals surface area contributed by atoms with Gasteiger partial charge in [0.25, 0.3) is 0 Å². The molecule has 0 atom stereocenters. The Hall–Kier alpha value is -2.89. The minimum Gasteiger partial charge on any atom is -0.326 e. The highest BCUT2D eigenvalue weighted by Gasteiger charge is 2.11. The quantitative estimate of drug-likeness (QED) is 0.534. The van der Waals surface area contributed by atoms with Crippen LogP contribution in [-0.2, 0) is 11.2 Å². The van der Waals surface area contributed by atoms with Crippen LogP contribution in [0, 0.1) is 0 Å². The van der Waals surface area contributed by atoms with E-state index in [9.17, 15) is 4.79 Å². The van der Waals surface area contributed by atoms with E-state index < -0.39 is 0 Å². The number of anilines is 1. The lowest BCUT2D eigenvalue weighted by Crippen LogP contribution is -2.14. The maximum Gasteiger partial charge on any atom is 0.234 e. The van der Waals surface area contributed by atoms with Crippen molar-refractivity contribution in [2.24, 2.45) is 0 Å². The minimum absolute atomic E-state index is 0.109. The van der Waals surface area contributed by atoms with E-state index in [1.807, 2.05) is 47.1 Å². The fourth-order valence-electron chi connectivity index (χ4n) is 2.76. The number of benzene rings is 2. The average molecular weight is 397 g/mol. The fraction of sp³-hybridized carbons (Fsp3) is 0.0500. The summed E-state index contributed by atoms with van der Waals surface area (Å²) in [6.45, 7) is 0. The van der Waals surface area contributed by atoms with Crippen molar-refractivity contribution >= 4 is 40.6 Å². The molecular formula is C20H14Cl2N4O. The van der Waals surface area contributed by atoms with Gasteiger partial charge in [-0.25, -0.2) is 9.97 Å². The van der Waals surface area contributed by atoms with Crippen LogP contribution in [0.25, 0.3) is 17.0 Å². The largest absolute Gasteiger partial charge is 0.326 e. The Labute approximate surface area is 165 Å². The number of halogens is 2. The highest BCUT2D eigenvalue weighted by Crippen LogP contribution is 2.25. The number of fused-ring (bicyclic) bond motifs is 1. The summed E-state index contributed by atoms with van der Waals surface area (Å²) in [6.07, 6.45) is 5.62. The van der Waals surface area contributed by atoms with E-state index in [0.717, 1.165) is 11.3 Å². The first-order valence-electron chi connectivity index (χ1n) is 8.23. The normalized spacial score (nSPS) is 10.9. The predicted molar refractivity (Wildman–Crippen MR) is 107 cm³/mol. The number of hydrogen-bond acceptors (Lipinski definition) is 3. The third kappa shape index (κ3) is 3.79. The van der Waals surface area contributed by atoms with Gasteiger partial charge >= 0.3 is 0 Å². The molecule has 5 nitrogen and oxygen atoms in total. The lowest BCUT2D eigenvalue weighted by atomic mass is 10.1. The van der Waals surface area contributed by atoms with Crippen molar-refractivity contribution in [1.29, 1.82) is 0 Å². The molecule has 2 heterocycles. The number of hydrogen-bond donors (Lipinski definition) is 1. The number of aromatic nitrogens is 3. The van der Waals surface area contributed by atoms with Gasteiger partial charge in [-0.2, -0.15) is 0 Å². The Morgan fingerprint density at radius 2 is 1.78 bits per heavy atom. The van der Waals surface area contributed by atoms with Crippen molar-refractivity contribution in [2.45, 2.75) is 6.42 Å². The Bertz CT molecular complexity index is 1070. The summed E-state index contributed by atoms with van der Waals surface area (Å²) >= 11 is 12.2. The van der Waals surface area contributed by atoms with Crippen molar-refractivity contribution in [3.05, 3.63) is 82.7 Å². The smallest absolute Gasteiger partial charge is 0.234 e. The van der Waals surface area contributed by atoms with Crippen LogP contribution in [0.2, 0.25) is 10.0 Å². The third-order valence-electron chi connectivity index (χ3n) is 4.10. The van der Waals surface area contributed by atoms with Gasteiger partial charge in [0.1, 0.15) is 0 Å². The van der Waals surface area contributed by atoms with Crippen LogP contribution in [-0.4, -0.2) is 20.3 Å². The van der Waals surface area contributed by atoms with Gasteiger partial charge in [-0.05, 0) is 35.9 Å². The zero-order valence-electron chi connectivity index (χ0n) is 14.1. The summed E-state index contributed by atoms with van der Waals surface area (Å²) < 4.78 is 1.86. The molecule has 0 spiro atoms. The van der Waals surface area contributed by atoms with Crippen LogP contribution in [0.4, 0.5) is 5.69 Å². The number of carbonyl (C=O) groups is 1. The van der Waals surface area contributed by atoms with Crippen LogP contribution in [0.15, 0.2) is 67.1 Å². The molecule has 0 saturated heterocycles. The van der Waals surface area contributed by atoms with Gasteiger partial charge in [0.05, 0.1) is 12.1 Å². The van der Waals surface area contributed by atoms with Crippen LogP contribution < -0.4 is 5.32 Å². The molecule has 2 aromatic carbocycles. The monoisotopic (exact) mass is 396 g/mol. The number of imidazole rings is 1. The van der Waals surface area contributed by atoms with E-state index in [2.05, 4.69) is 15.3 Å². The number of nitrogens with zero attached hydrogens (tertiary/aromatic N) is 3. The predicted octanol–water partition coefficient (Wildman–Crippen LogP) is 4.88. The molecule has 0 aliphatic carbocycles. The van der Waals surface area contributed by atoms with Crippen molar-refractivity contribution < 1.29 is 4.79 Å². The van der Waals surface area contributed by atoms with Gasteiger partial charge in [-0.3, -0.25) is 9.20 Å². The number of amides is 1. The lowest BCUT2D eigenvalue weighted by molar-refractivity contribution is -0.115. The standard InChI is InChI=1S/C20H14Cl2N4O/c21-16-3-1-4-17(22)15(16)11-19(27)24-14-7-5-13(6-8-14)18-12-26-10-2-9-23-20(26)25-18/h1-10,12H,11H2,(H,24,27). The van der Waals surface area contributed by atoms with Gasteiger partial charge in [-0.1, -0.05) is 41.4 Å². The van der Waals surface area contributed by atoms with Crippen molar-refractivity contribution in [3.63, 3.8) is 0 Å². The Morgan fingerprint density at radius 1 is 1.04 bits per heavy atom. The summed E-state index contributed by atoms with van der Waals surface area (Å²) in [5.74, 6) is 0.455. The van der Waals surface area contributed by atoms with Crippen molar-refractivity contribution in [2.75, 3.05) is 5.32 Å². The maximum atomic E-state index is 12.3. The SMILES string of the molecule is O=C(Cc1c(Cl)cccc1Cl)Nc1ccc(-c2cn3cccnc3n2)cc1. The maximum absolute atomic E-state index is 12.3. The van der Waals surface area contributed by atoms with Crippen LogP contribution in [0.3, 0.4) is 0 Å². The first-order valence-corrected chi connectivity index (χ1v) is 8.98. The molecule has 1 amide bonds. The van der Waals surface area contributed by atoms with E-state index in [0.29, 0.717) is 27.1 Å². The van der Waals surface area contributed by atoms with E-state index in [1.54, 1.807) is 24.4 Å². The fourth-order valence-corrected chi connectivity index (χ4v) is 3.29. The zero-order chi connectivity index (χ0) is 18.8. The molecule has 2 aromatic heterocycles. The van der Waals surface area contributed by atoms with Crippen molar-refractivity contribution in [1.82, 2.24) is 14.4 Å². The van der Waals surface area contributed by atoms with Crippen LogP contribution in [0.1, 0.15) is 5.56 Å². The first kappa shape index (κ1) is 17.5. The molecule has 0 fully saturated rings. The molecule has 134 valence electrons. The Kier molecular flexibility index (Phi) is 4.79. The lowest BCUT2D eigenvalue weighted by Gasteiger charge is -2.08. The summed E-state index contributed by atoms with van der Waals surface area (Å²) in [4.78, 5) is 21.0. The molecule has 0 radical (unpaired) electrons. The second-order valence-corrected chi connectivity index (χ2v) is 6.77. The van der Waals surface area contributed by atoms with E-state index in [4.69, 9.17) is 23.2 Å². The number of carbonyl (C=O) groups excluding carboxylic acids is 1. The first-order chi connectivity index (χ1) is 13.1. The van der Waals surface area contributed by atoms with E-state index in [-0.39, 0.29) is 12.3 Å². The van der Waals surface area contributed by atoms with Gasteiger partial charge in [0, 0.05) is 39.9 Å². The third-order valence-corrected chi connectivity index (χ3v) is 4.81. The van der Waals surface area contributed by atoms with Gasteiger partial charge in [0.15, 0.2) is 0 Å². The zero-order valence-corrected chi connectivity index (χ0v) is 15.6.